The van der Waals surface area contributed by atoms with E-state index in [1.807, 2.05) is 13.8 Å². The predicted molar refractivity (Wildman–Crippen MR) is 142 cm³/mol. The van der Waals surface area contributed by atoms with Crippen LogP contribution in [0.25, 0.3) is 0 Å². The minimum Gasteiger partial charge on any atom is -0.491 e. The van der Waals surface area contributed by atoms with Gasteiger partial charge in [0.1, 0.15) is 24.4 Å². The van der Waals surface area contributed by atoms with Gasteiger partial charge in [0.05, 0.1) is 25.1 Å². The summed E-state index contributed by atoms with van der Waals surface area (Å²) in [7, 11) is 3.32. The van der Waals surface area contributed by atoms with Crippen LogP contribution < -0.4 is 15.4 Å². The van der Waals surface area contributed by atoms with E-state index in [-0.39, 0.29) is 42.9 Å². The van der Waals surface area contributed by atoms with Gasteiger partial charge in [-0.15, -0.1) is 0 Å². The third kappa shape index (κ3) is 8.16. The lowest BCUT2D eigenvalue weighted by Crippen LogP contribution is -2.57. The fraction of sp³-hybridized carbons (Fsp3) is 0.630. The highest BCUT2D eigenvalue weighted by Gasteiger charge is 2.33. The predicted octanol–water partition coefficient (Wildman–Crippen LogP) is 0.347. The number of amides is 4. The number of piperazine rings is 1. The molecule has 4 amide bonds. The van der Waals surface area contributed by atoms with Gasteiger partial charge in [-0.3, -0.25) is 24.1 Å². The first-order valence-corrected chi connectivity index (χ1v) is 13.3. The van der Waals surface area contributed by atoms with Gasteiger partial charge in [-0.05, 0) is 24.5 Å². The highest BCUT2D eigenvalue weighted by Crippen LogP contribution is 2.19. The third-order valence-corrected chi connectivity index (χ3v) is 6.82. The average molecular weight is 532 g/mol. The first-order valence-electron chi connectivity index (χ1n) is 13.3. The van der Waals surface area contributed by atoms with Gasteiger partial charge in [-0.25, -0.2) is 0 Å². The number of carbonyl (C=O) groups is 4. The smallest absolute Gasteiger partial charge is 0.255 e. The highest BCUT2D eigenvalue weighted by atomic mass is 16.5. The van der Waals surface area contributed by atoms with Crippen molar-refractivity contribution in [1.82, 2.24) is 25.3 Å². The van der Waals surface area contributed by atoms with Crippen LogP contribution in [0.2, 0.25) is 0 Å². The fourth-order valence-electron chi connectivity index (χ4n) is 4.65. The zero-order valence-corrected chi connectivity index (χ0v) is 22.9. The Morgan fingerprint density at radius 2 is 1.79 bits per heavy atom. The lowest BCUT2D eigenvalue weighted by Gasteiger charge is -2.36. The molecule has 0 bridgehead atoms. The second kappa shape index (κ2) is 14.1. The van der Waals surface area contributed by atoms with Gasteiger partial charge in [0.15, 0.2) is 0 Å². The first kappa shape index (κ1) is 29.4. The molecule has 1 aromatic carbocycles. The van der Waals surface area contributed by atoms with Crippen LogP contribution in [0.3, 0.4) is 0 Å². The average Bonchev–Trinajstić information content (AvgIpc) is 2.90. The third-order valence-electron chi connectivity index (χ3n) is 6.82. The number of fused-ring (bicyclic) bond motifs is 1. The van der Waals surface area contributed by atoms with E-state index in [1.165, 1.54) is 4.90 Å². The standard InChI is InChI=1S/C27H41N5O6/c1-19(2)17-21-26(35)30(3)13-16-38-23-8-6-5-7-20(23)25(34)29-22(18-24(33)28-21)27(36)32-11-9-31(10-12-32)14-15-37-4/h5-8,19,21-22H,9-18H2,1-4H3,(H,28,33)(H,29,34)/t21-,22+/m1/s1. The van der Waals surface area contributed by atoms with E-state index in [0.29, 0.717) is 45.0 Å². The van der Waals surface area contributed by atoms with Gasteiger partial charge in [-0.2, -0.15) is 0 Å². The van der Waals surface area contributed by atoms with Crippen LogP contribution in [0.5, 0.6) is 5.75 Å². The van der Waals surface area contributed by atoms with Gasteiger partial charge >= 0.3 is 0 Å². The van der Waals surface area contributed by atoms with E-state index in [0.717, 1.165) is 6.54 Å². The Morgan fingerprint density at radius 3 is 2.47 bits per heavy atom. The summed E-state index contributed by atoms with van der Waals surface area (Å²) in [4.78, 5) is 58.6. The number of methoxy groups -OCH3 is 1. The minimum absolute atomic E-state index is 0.159. The van der Waals surface area contributed by atoms with Gasteiger partial charge in [0.2, 0.25) is 17.7 Å². The van der Waals surface area contributed by atoms with Gasteiger partial charge < -0.3 is 29.9 Å². The molecule has 1 saturated heterocycles. The van der Waals surface area contributed by atoms with E-state index in [1.54, 1.807) is 43.3 Å². The van der Waals surface area contributed by atoms with Crippen molar-refractivity contribution < 1.29 is 28.7 Å². The Balaban J connectivity index is 1.84. The number of nitrogens with one attached hydrogen (secondary N) is 2. The number of hydrogen-bond acceptors (Lipinski definition) is 7. The molecular weight excluding hydrogens is 490 g/mol. The van der Waals surface area contributed by atoms with E-state index >= 15 is 0 Å². The lowest BCUT2D eigenvalue weighted by molar-refractivity contribution is -0.139. The Labute approximate surface area is 224 Å². The molecule has 210 valence electrons. The van der Waals surface area contributed by atoms with Crippen molar-refractivity contribution in [3.8, 4) is 5.75 Å². The summed E-state index contributed by atoms with van der Waals surface area (Å²) in [6.45, 7) is 8.11. The van der Waals surface area contributed by atoms with Crippen LogP contribution in [-0.4, -0.2) is 117 Å². The molecule has 11 heteroatoms. The number of para-hydroxylation sites is 1. The Bertz CT molecular complexity index is 978. The number of benzene rings is 1. The maximum Gasteiger partial charge on any atom is 0.255 e. The number of likely N-dealkylation sites (N-methyl/N-ethyl adjacent to an activating group) is 1. The van der Waals surface area contributed by atoms with Gasteiger partial charge in [0, 0.05) is 46.9 Å². The molecule has 2 aliphatic heterocycles. The summed E-state index contributed by atoms with van der Waals surface area (Å²) in [6.07, 6.45) is 0.177. The second-order valence-electron chi connectivity index (χ2n) is 10.2. The van der Waals surface area contributed by atoms with Crippen molar-refractivity contribution in [1.29, 1.82) is 0 Å². The molecule has 3 rings (SSSR count). The fourth-order valence-corrected chi connectivity index (χ4v) is 4.65. The summed E-state index contributed by atoms with van der Waals surface area (Å²) in [5, 5.41) is 5.59. The van der Waals surface area contributed by atoms with Gasteiger partial charge in [0.25, 0.3) is 5.91 Å². The molecule has 0 aromatic heterocycles. The first-order chi connectivity index (χ1) is 18.2. The van der Waals surface area contributed by atoms with Crippen LogP contribution in [0.4, 0.5) is 0 Å². The van der Waals surface area contributed by atoms with Crippen molar-refractivity contribution in [2.45, 2.75) is 38.8 Å². The zero-order chi connectivity index (χ0) is 27.7. The second-order valence-corrected chi connectivity index (χ2v) is 10.2. The van der Waals surface area contributed by atoms with Crippen LogP contribution in [0, 0.1) is 5.92 Å². The number of rotatable bonds is 6. The molecular formula is C27H41N5O6. The van der Waals surface area contributed by atoms with Gasteiger partial charge in [-0.1, -0.05) is 26.0 Å². The van der Waals surface area contributed by atoms with Crippen molar-refractivity contribution in [2.75, 3.05) is 66.6 Å². The van der Waals surface area contributed by atoms with Crippen LogP contribution in [0.15, 0.2) is 24.3 Å². The summed E-state index contributed by atoms with van der Waals surface area (Å²) in [5.41, 5.74) is 0.263. The maximum absolute atomic E-state index is 13.6. The van der Waals surface area contributed by atoms with E-state index in [9.17, 15) is 19.2 Å². The number of carbonyl (C=O) groups excluding carboxylic acids is 4. The number of ether oxygens (including phenoxy) is 2. The topological polar surface area (TPSA) is 121 Å². The van der Waals surface area contributed by atoms with Crippen LogP contribution in [0.1, 0.15) is 37.0 Å². The number of nitrogens with zero attached hydrogens (tertiary/aromatic N) is 3. The Kier molecular flexibility index (Phi) is 10.9. The molecule has 2 heterocycles. The molecule has 1 aromatic rings. The molecule has 38 heavy (non-hydrogen) atoms. The Morgan fingerprint density at radius 1 is 1.08 bits per heavy atom. The zero-order valence-electron chi connectivity index (χ0n) is 22.9. The van der Waals surface area contributed by atoms with Crippen molar-refractivity contribution in [2.24, 2.45) is 5.92 Å². The highest BCUT2D eigenvalue weighted by molar-refractivity contribution is 6.01. The molecule has 0 unspecified atom stereocenters. The van der Waals surface area contributed by atoms with Crippen molar-refractivity contribution in [3.63, 3.8) is 0 Å². The monoisotopic (exact) mass is 531 g/mol. The summed E-state index contributed by atoms with van der Waals surface area (Å²) < 4.78 is 11.0. The maximum atomic E-state index is 13.6. The molecule has 0 radical (unpaired) electrons. The van der Waals surface area contributed by atoms with Crippen molar-refractivity contribution >= 4 is 23.6 Å². The molecule has 0 aliphatic carbocycles. The van der Waals surface area contributed by atoms with Crippen molar-refractivity contribution in [3.05, 3.63) is 29.8 Å². The quantitative estimate of drug-likeness (QED) is 0.543. The van der Waals surface area contributed by atoms with E-state index in [4.69, 9.17) is 9.47 Å². The van der Waals surface area contributed by atoms with E-state index < -0.39 is 23.9 Å². The summed E-state index contributed by atoms with van der Waals surface area (Å²) >= 11 is 0. The number of hydrogen-bond donors (Lipinski definition) is 2. The van der Waals surface area contributed by atoms with Crippen LogP contribution in [-0.2, 0) is 19.1 Å². The summed E-state index contributed by atoms with van der Waals surface area (Å²) in [6, 6.07) is 4.92. The summed E-state index contributed by atoms with van der Waals surface area (Å²) in [5.74, 6) is -0.994. The molecule has 11 nitrogen and oxygen atoms in total. The largest absolute Gasteiger partial charge is 0.491 e. The molecule has 2 N–H and O–H groups in total. The molecule has 0 spiro atoms. The normalized spacial score (nSPS) is 22.3. The SMILES string of the molecule is COCCN1CCN(C(=O)[C@@H]2CC(=O)N[C@H](CC(C)C)C(=O)N(C)CCOc3ccccc3C(=O)N2)CC1. The Hall–Kier alpha value is -3.18. The molecule has 1 fully saturated rings. The molecule has 0 saturated carbocycles. The lowest BCUT2D eigenvalue weighted by atomic mass is 10.0. The minimum atomic E-state index is -1.09. The van der Waals surface area contributed by atoms with Crippen LogP contribution >= 0.6 is 0 Å². The van der Waals surface area contributed by atoms with E-state index in [2.05, 4.69) is 15.5 Å². The molecule has 2 aliphatic rings. The molecule has 2 atom stereocenters.